The molecule has 5 nitrogen and oxygen atoms in total. The Morgan fingerprint density at radius 1 is 1.37 bits per heavy atom. The number of carbonyl (C=O) groups excluding carboxylic acids is 1. The highest BCUT2D eigenvalue weighted by molar-refractivity contribution is 7.86. The van der Waals surface area contributed by atoms with Crippen LogP contribution in [0.1, 0.15) is 12.0 Å². The summed E-state index contributed by atoms with van der Waals surface area (Å²) in [6.45, 7) is 0.491. The van der Waals surface area contributed by atoms with E-state index in [2.05, 4.69) is 0 Å². The normalized spacial score (nSPS) is 20.0. The number of amides is 1. The second kappa shape index (κ2) is 5.26. The zero-order valence-corrected chi connectivity index (χ0v) is 11.1. The molecule has 0 aromatic heterocycles. The second-order valence-electron chi connectivity index (χ2n) is 4.61. The molecule has 1 saturated heterocycles. The number of benzene rings is 1. The van der Waals surface area contributed by atoms with Crippen LogP contribution in [0.4, 0.5) is 9.57 Å². The van der Waals surface area contributed by atoms with Crippen LogP contribution in [0.5, 0.6) is 0 Å². The van der Waals surface area contributed by atoms with Gasteiger partial charge in [0.25, 0.3) is 0 Å². The molecule has 1 aromatic rings. The number of carbonyl (C=O) groups is 1. The molecule has 1 heterocycles. The van der Waals surface area contributed by atoms with Crippen molar-refractivity contribution >= 4 is 21.8 Å². The Labute approximate surface area is 111 Å². The minimum atomic E-state index is -4.56. The van der Waals surface area contributed by atoms with Crippen LogP contribution < -0.4 is 10.6 Å². The van der Waals surface area contributed by atoms with Crippen LogP contribution in [-0.2, 0) is 21.6 Å². The van der Waals surface area contributed by atoms with E-state index in [-0.39, 0.29) is 25.4 Å². The Morgan fingerprint density at radius 2 is 2.05 bits per heavy atom. The predicted molar refractivity (Wildman–Crippen MR) is 69.7 cm³/mol. The molecule has 1 aromatic carbocycles. The van der Waals surface area contributed by atoms with Crippen molar-refractivity contribution in [3.63, 3.8) is 0 Å². The molecule has 0 spiro atoms. The van der Waals surface area contributed by atoms with E-state index in [1.165, 1.54) is 4.90 Å². The first-order valence-electron chi connectivity index (χ1n) is 5.91. The molecule has 1 aliphatic heterocycles. The Kier molecular flexibility index (Phi) is 3.86. The number of para-hydroxylation sites is 1. The van der Waals surface area contributed by atoms with Gasteiger partial charge in [0, 0.05) is 31.1 Å². The molecule has 1 unspecified atom stereocenters. The molecule has 104 valence electrons. The number of hydrogen-bond acceptors (Lipinski definition) is 4. The number of anilines is 1. The van der Waals surface area contributed by atoms with E-state index in [4.69, 9.17) is 5.73 Å². The zero-order chi connectivity index (χ0) is 14.0. The molecule has 0 radical (unpaired) electrons. The SMILES string of the molecule is NCc1ccccc1N1CC(CS(=O)(=O)F)CC1=O. The van der Waals surface area contributed by atoms with E-state index in [9.17, 15) is 17.1 Å². The molecule has 1 atom stereocenters. The van der Waals surface area contributed by atoms with Gasteiger partial charge in [-0.3, -0.25) is 4.79 Å². The lowest BCUT2D eigenvalue weighted by molar-refractivity contribution is -0.117. The maximum Gasteiger partial charge on any atom is 0.302 e. The van der Waals surface area contributed by atoms with Crippen molar-refractivity contribution < 1.29 is 17.1 Å². The van der Waals surface area contributed by atoms with E-state index in [1.54, 1.807) is 12.1 Å². The van der Waals surface area contributed by atoms with Crippen LogP contribution in [0.2, 0.25) is 0 Å². The van der Waals surface area contributed by atoms with Gasteiger partial charge >= 0.3 is 10.2 Å². The van der Waals surface area contributed by atoms with Crippen molar-refractivity contribution in [3.05, 3.63) is 29.8 Å². The van der Waals surface area contributed by atoms with Gasteiger partial charge in [-0.1, -0.05) is 18.2 Å². The minimum Gasteiger partial charge on any atom is -0.326 e. The maximum absolute atomic E-state index is 12.7. The van der Waals surface area contributed by atoms with Crippen LogP contribution >= 0.6 is 0 Å². The van der Waals surface area contributed by atoms with Gasteiger partial charge in [0.05, 0.1) is 5.75 Å². The van der Waals surface area contributed by atoms with Gasteiger partial charge in [-0.25, -0.2) is 0 Å². The number of halogens is 1. The summed E-state index contributed by atoms with van der Waals surface area (Å²) < 4.78 is 34.0. The molecule has 1 aliphatic rings. The quantitative estimate of drug-likeness (QED) is 0.830. The van der Waals surface area contributed by atoms with Crippen molar-refractivity contribution in [2.75, 3.05) is 17.2 Å². The van der Waals surface area contributed by atoms with Gasteiger partial charge in [-0.05, 0) is 11.6 Å². The van der Waals surface area contributed by atoms with Crippen LogP contribution in [0.3, 0.4) is 0 Å². The summed E-state index contributed by atoms with van der Waals surface area (Å²) in [5.41, 5.74) is 7.09. The van der Waals surface area contributed by atoms with Crippen molar-refractivity contribution in [2.45, 2.75) is 13.0 Å². The van der Waals surface area contributed by atoms with Crippen LogP contribution in [0.15, 0.2) is 24.3 Å². The standard InChI is InChI=1S/C12H15FN2O3S/c13-19(17,18)8-9-5-12(16)15(7-9)11-4-2-1-3-10(11)6-14/h1-4,9H,5-8,14H2. The molecule has 2 rings (SSSR count). The molecule has 0 saturated carbocycles. The Morgan fingerprint density at radius 3 is 2.68 bits per heavy atom. The second-order valence-corrected chi connectivity index (χ2v) is 6.02. The third-order valence-electron chi connectivity index (χ3n) is 3.14. The summed E-state index contributed by atoms with van der Waals surface area (Å²) in [6, 6.07) is 7.16. The average Bonchev–Trinajstić information content (AvgIpc) is 2.67. The van der Waals surface area contributed by atoms with E-state index < -0.39 is 21.9 Å². The van der Waals surface area contributed by atoms with Crippen LogP contribution in [-0.4, -0.2) is 26.6 Å². The fourth-order valence-corrected chi connectivity index (χ4v) is 3.14. The maximum atomic E-state index is 12.7. The van der Waals surface area contributed by atoms with E-state index >= 15 is 0 Å². The van der Waals surface area contributed by atoms with Gasteiger partial charge in [-0.15, -0.1) is 3.89 Å². The first-order chi connectivity index (χ1) is 8.90. The van der Waals surface area contributed by atoms with Crippen molar-refractivity contribution in [3.8, 4) is 0 Å². The van der Waals surface area contributed by atoms with Crippen molar-refractivity contribution in [1.82, 2.24) is 0 Å². The fraction of sp³-hybridized carbons (Fsp3) is 0.417. The largest absolute Gasteiger partial charge is 0.326 e. The lowest BCUT2D eigenvalue weighted by atomic mass is 10.1. The van der Waals surface area contributed by atoms with Crippen LogP contribution in [0.25, 0.3) is 0 Å². The summed E-state index contributed by atoms with van der Waals surface area (Å²) in [4.78, 5) is 13.4. The lowest BCUT2D eigenvalue weighted by Gasteiger charge is -2.19. The monoisotopic (exact) mass is 286 g/mol. The van der Waals surface area contributed by atoms with E-state index in [1.807, 2.05) is 12.1 Å². The Bertz CT molecular complexity index is 588. The summed E-state index contributed by atoms with van der Waals surface area (Å²) in [5.74, 6) is -1.32. The van der Waals surface area contributed by atoms with Gasteiger partial charge in [0.1, 0.15) is 0 Å². The molecule has 0 aliphatic carbocycles. The van der Waals surface area contributed by atoms with Gasteiger partial charge in [0.15, 0.2) is 0 Å². The number of hydrogen-bond donors (Lipinski definition) is 1. The average molecular weight is 286 g/mol. The molecule has 19 heavy (non-hydrogen) atoms. The van der Waals surface area contributed by atoms with Gasteiger partial charge < -0.3 is 10.6 Å². The summed E-state index contributed by atoms with van der Waals surface area (Å²) >= 11 is 0. The van der Waals surface area contributed by atoms with Gasteiger partial charge in [0.2, 0.25) is 5.91 Å². The topological polar surface area (TPSA) is 80.5 Å². The molecule has 7 heteroatoms. The first-order valence-corrected chi connectivity index (χ1v) is 7.46. The minimum absolute atomic E-state index is 0.0437. The van der Waals surface area contributed by atoms with E-state index in [0.29, 0.717) is 5.69 Å². The number of rotatable bonds is 4. The highest BCUT2D eigenvalue weighted by Gasteiger charge is 2.34. The third-order valence-corrected chi connectivity index (χ3v) is 4.01. The lowest BCUT2D eigenvalue weighted by Crippen LogP contribution is -2.26. The third kappa shape index (κ3) is 3.30. The van der Waals surface area contributed by atoms with Crippen molar-refractivity contribution in [2.24, 2.45) is 11.7 Å². The molecular formula is C12H15FN2O3S. The smallest absolute Gasteiger partial charge is 0.302 e. The zero-order valence-electron chi connectivity index (χ0n) is 10.3. The molecule has 1 fully saturated rings. The van der Waals surface area contributed by atoms with Gasteiger partial charge in [-0.2, -0.15) is 8.42 Å². The Balaban J connectivity index is 2.20. The summed E-state index contributed by atoms with van der Waals surface area (Å²) in [7, 11) is -4.56. The molecule has 2 N–H and O–H groups in total. The summed E-state index contributed by atoms with van der Waals surface area (Å²) in [6.07, 6.45) is 0.0437. The van der Waals surface area contributed by atoms with Crippen molar-refractivity contribution in [1.29, 1.82) is 0 Å². The summed E-state index contributed by atoms with van der Waals surface area (Å²) in [5, 5.41) is 0. The molecular weight excluding hydrogens is 271 g/mol. The predicted octanol–water partition coefficient (Wildman–Crippen LogP) is 0.798. The van der Waals surface area contributed by atoms with Crippen LogP contribution in [0, 0.1) is 5.92 Å². The molecule has 0 bridgehead atoms. The highest BCUT2D eigenvalue weighted by Crippen LogP contribution is 2.28. The Hall–Kier alpha value is -1.47. The number of nitrogens with zero attached hydrogens (tertiary/aromatic N) is 1. The number of nitrogens with two attached hydrogens (primary N) is 1. The first kappa shape index (κ1) is 14.0. The fourth-order valence-electron chi connectivity index (χ4n) is 2.35. The molecule has 1 amide bonds. The van der Waals surface area contributed by atoms with E-state index in [0.717, 1.165) is 5.56 Å². The highest BCUT2D eigenvalue weighted by atomic mass is 32.3.